The highest BCUT2D eigenvalue weighted by Gasteiger charge is 2.55. The Kier molecular flexibility index (Phi) is 4.40. The van der Waals surface area contributed by atoms with E-state index in [1.54, 1.807) is 0 Å². The molecule has 0 spiro atoms. The third kappa shape index (κ3) is 2.93. The quantitative estimate of drug-likeness (QED) is 0.806. The van der Waals surface area contributed by atoms with Gasteiger partial charge in [0.2, 0.25) is 11.8 Å². The number of urea groups is 1. The summed E-state index contributed by atoms with van der Waals surface area (Å²) in [6, 6.07) is 18.3. The van der Waals surface area contributed by atoms with Gasteiger partial charge in [-0.05, 0) is 24.0 Å². The van der Waals surface area contributed by atoms with Crippen molar-refractivity contribution in [2.45, 2.75) is 12.8 Å². The summed E-state index contributed by atoms with van der Waals surface area (Å²) in [5.41, 5.74) is 0.452. The van der Waals surface area contributed by atoms with Crippen LogP contribution in [-0.2, 0) is 22.4 Å². The van der Waals surface area contributed by atoms with E-state index < -0.39 is 23.3 Å². The van der Waals surface area contributed by atoms with Crippen LogP contribution in [0.3, 0.4) is 0 Å². The third-order valence-corrected chi connectivity index (χ3v) is 4.70. The second kappa shape index (κ2) is 6.51. The first-order chi connectivity index (χ1) is 12.0. The number of carbonyl (C=O) groups excluding carboxylic acids is 3. The molecule has 0 aliphatic carbocycles. The molecule has 25 heavy (non-hydrogen) atoms. The van der Waals surface area contributed by atoms with Gasteiger partial charge < -0.3 is 0 Å². The van der Waals surface area contributed by atoms with E-state index in [-0.39, 0.29) is 12.8 Å². The lowest BCUT2D eigenvalue weighted by Crippen LogP contribution is -2.64. The van der Waals surface area contributed by atoms with E-state index in [9.17, 15) is 14.4 Å². The molecule has 2 aromatic rings. The number of hydrogen-bond donors (Lipinski definition) is 0. The zero-order valence-electron chi connectivity index (χ0n) is 14.3. The zero-order chi connectivity index (χ0) is 18.0. The molecule has 4 amide bonds. The van der Waals surface area contributed by atoms with E-state index in [1.165, 1.54) is 14.1 Å². The van der Waals surface area contributed by atoms with Gasteiger partial charge in [-0.15, -0.1) is 0 Å². The van der Waals surface area contributed by atoms with Crippen LogP contribution in [0.25, 0.3) is 0 Å². The summed E-state index contributed by atoms with van der Waals surface area (Å²) in [5, 5.41) is 0. The van der Waals surface area contributed by atoms with Gasteiger partial charge in [-0.2, -0.15) is 0 Å². The molecule has 0 bridgehead atoms. The fourth-order valence-corrected chi connectivity index (χ4v) is 3.39. The molecule has 3 rings (SSSR count). The summed E-state index contributed by atoms with van der Waals surface area (Å²) in [6.07, 6.45) is 0.505. The molecule has 1 heterocycles. The molecule has 0 saturated carbocycles. The van der Waals surface area contributed by atoms with Crippen molar-refractivity contribution >= 4 is 17.8 Å². The minimum Gasteiger partial charge on any atom is -0.273 e. The number of nitrogens with zero attached hydrogens (tertiary/aromatic N) is 2. The highest BCUT2D eigenvalue weighted by atomic mass is 16.2. The summed E-state index contributed by atoms with van der Waals surface area (Å²) in [6.45, 7) is 0. The van der Waals surface area contributed by atoms with Crippen LogP contribution in [0, 0.1) is 5.41 Å². The molecule has 1 saturated heterocycles. The molecule has 1 fully saturated rings. The molecule has 0 unspecified atom stereocenters. The normalized spacial score (nSPS) is 17.1. The van der Waals surface area contributed by atoms with Crippen LogP contribution in [0.1, 0.15) is 11.1 Å². The Balaban J connectivity index is 2.09. The van der Waals surface area contributed by atoms with Crippen LogP contribution in [0.15, 0.2) is 60.7 Å². The van der Waals surface area contributed by atoms with Crippen molar-refractivity contribution in [3.05, 3.63) is 71.8 Å². The first kappa shape index (κ1) is 16.9. The fourth-order valence-electron chi connectivity index (χ4n) is 3.39. The smallest absolute Gasteiger partial charge is 0.273 e. The van der Waals surface area contributed by atoms with Crippen LogP contribution in [0.4, 0.5) is 4.79 Å². The third-order valence-electron chi connectivity index (χ3n) is 4.70. The molecular weight excluding hydrogens is 316 g/mol. The Labute approximate surface area is 146 Å². The van der Waals surface area contributed by atoms with Crippen molar-refractivity contribution < 1.29 is 14.4 Å². The maximum Gasteiger partial charge on any atom is 0.332 e. The molecule has 2 aromatic carbocycles. The Morgan fingerprint density at radius 2 is 1.04 bits per heavy atom. The lowest BCUT2D eigenvalue weighted by Gasteiger charge is -2.42. The van der Waals surface area contributed by atoms with Crippen LogP contribution in [-0.4, -0.2) is 41.7 Å². The zero-order valence-corrected chi connectivity index (χ0v) is 14.3. The van der Waals surface area contributed by atoms with E-state index in [0.717, 1.165) is 20.9 Å². The summed E-state index contributed by atoms with van der Waals surface area (Å²) in [7, 11) is 2.86. The van der Waals surface area contributed by atoms with Gasteiger partial charge in [0, 0.05) is 14.1 Å². The minimum absolute atomic E-state index is 0.252. The average molecular weight is 336 g/mol. The number of imide groups is 2. The molecule has 5 nitrogen and oxygen atoms in total. The molecule has 0 aromatic heterocycles. The molecule has 0 radical (unpaired) electrons. The molecule has 1 aliphatic heterocycles. The van der Waals surface area contributed by atoms with Crippen LogP contribution in [0.2, 0.25) is 0 Å². The van der Waals surface area contributed by atoms with Crippen molar-refractivity contribution in [3.8, 4) is 0 Å². The topological polar surface area (TPSA) is 57.7 Å². The van der Waals surface area contributed by atoms with E-state index >= 15 is 0 Å². The fraction of sp³-hybridized carbons (Fsp3) is 0.250. The van der Waals surface area contributed by atoms with Gasteiger partial charge in [0.1, 0.15) is 5.41 Å². The van der Waals surface area contributed by atoms with Crippen molar-refractivity contribution in [3.63, 3.8) is 0 Å². The summed E-state index contributed by atoms with van der Waals surface area (Å²) in [5.74, 6) is -0.901. The predicted octanol–water partition coefficient (Wildman–Crippen LogP) is 2.51. The van der Waals surface area contributed by atoms with Gasteiger partial charge in [-0.25, -0.2) is 4.79 Å². The van der Waals surface area contributed by atoms with Gasteiger partial charge in [0.05, 0.1) is 0 Å². The molecule has 0 atom stereocenters. The predicted molar refractivity (Wildman–Crippen MR) is 93.7 cm³/mol. The first-order valence-electron chi connectivity index (χ1n) is 8.14. The molecule has 128 valence electrons. The van der Waals surface area contributed by atoms with Crippen LogP contribution < -0.4 is 0 Å². The maximum atomic E-state index is 13.1. The van der Waals surface area contributed by atoms with E-state index in [4.69, 9.17) is 0 Å². The molecule has 5 heteroatoms. The Morgan fingerprint density at radius 1 is 0.680 bits per heavy atom. The van der Waals surface area contributed by atoms with Crippen molar-refractivity contribution in [2.75, 3.05) is 14.1 Å². The van der Waals surface area contributed by atoms with Gasteiger partial charge in [-0.3, -0.25) is 19.4 Å². The average Bonchev–Trinajstić information content (AvgIpc) is 2.65. The molecule has 0 N–H and O–H groups in total. The van der Waals surface area contributed by atoms with E-state index in [2.05, 4.69) is 0 Å². The first-order valence-corrected chi connectivity index (χ1v) is 8.14. The monoisotopic (exact) mass is 336 g/mol. The summed E-state index contributed by atoms with van der Waals surface area (Å²) < 4.78 is 0. The number of benzene rings is 2. The largest absolute Gasteiger partial charge is 0.332 e. The number of barbiturate groups is 1. The highest BCUT2D eigenvalue weighted by Crippen LogP contribution is 2.35. The second-order valence-electron chi connectivity index (χ2n) is 6.42. The number of rotatable bonds is 4. The Bertz CT molecular complexity index is 735. The van der Waals surface area contributed by atoms with Gasteiger partial charge in [0.15, 0.2) is 0 Å². The van der Waals surface area contributed by atoms with E-state index in [1.807, 2.05) is 60.7 Å². The van der Waals surface area contributed by atoms with Gasteiger partial charge in [-0.1, -0.05) is 60.7 Å². The SMILES string of the molecule is CN1C(=O)N(C)C(=O)C(Cc2ccccc2)(Cc2ccccc2)C1=O. The number of carbonyl (C=O) groups is 3. The standard InChI is InChI=1S/C20H20N2O3/c1-21-17(23)20(18(24)22(2)19(21)25,13-15-9-5-3-6-10-15)14-16-11-7-4-8-12-16/h3-12H,13-14H2,1-2H3. The molecule has 1 aliphatic rings. The number of hydrogen-bond acceptors (Lipinski definition) is 3. The van der Waals surface area contributed by atoms with Crippen molar-refractivity contribution in [2.24, 2.45) is 5.41 Å². The van der Waals surface area contributed by atoms with Crippen molar-refractivity contribution in [1.29, 1.82) is 0 Å². The Morgan fingerprint density at radius 3 is 1.40 bits per heavy atom. The lowest BCUT2D eigenvalue weighted by atomic mass is 9.73. The van der Waals surface area contributed by atoms with Crippen LogP contribution >= 0.6 is 0 Å². The second-order valence-corrected chi connectivity index (χ2v) is 6.42. The van der Waals surface area contributed by atoms with Crippen LogP contribution in [0.5, 0.6) is 0 Å². The maximum absolute atomic E-state index is 13.1. The molecular formula is C20H20N2O3. The van der Waals surface area contributed by atoms with Gasteiger partial charge >= 0.3 is 6.03 Å². The summed E-state index contributed by atoms with van der Waals surface area (Å²) >= 11 is 0. The van der Waals surface area contributed by atoms with Gasteiger partial charge in [0.25, 0.3) is 0 Å². The lowest BCUT2D eigenvalue weighted by molar-refractivity contribution is -0.157. The number of amides is 4. The van der Waals surface area contributed by atoms with Crippen molar-refractivity contribution in [1.82, 2.24) is 9.80 Å². The Hall–Kier alpha value is -2.95. The summed E-state index contributed by atoms with van der Waals surface area (Å²) in [4.78, 5) is 40.4. The highest BCUT2D eigenvalue weighted by molar-refractivity contribution is 6.19. The van der Waals surface area contributed by atoms with E-state index in [0.29, 0.717) is 0 Å². The minimum atomic E-state index is -1.32.